The standard InChI is InChI=1S/C14H19N3O/c1-9-8-10(2)17(16-9)12-6-5-7-13(18-4)14(12)11(3)15/h5-8,11H,15H2,1-4H3. The van der Waals surface area contributed by atoms with Gasteiger partial charge in [-0.25, -0.2) is 4.68 Å². The van der Waals surface area contributed by atoms with Gasteiger partial charge in [0.25, 0.3) is 0 Å². The molecule has 0 fully saturated rings. The summed E-state index contributed by atoms with van der Waals surface area (Å²) in [6, 6.07) is 7.83. The van der Waals surface area contributed by atoms with Crippen LogP contribution in [0.4, 0.5) is 0 Å². The maximum atomic E-state index is 6.06. The van der Waals surface area contributed by atoms with Crippen LogP contribution in [0.3, 0.4) is 0 Å². The number of benzene rings is 1. The number of hydrogen-bond acceptors (Lipinski definition) is 3. The molecule has 0 saturated heterocycles. The highest BCUT2D eigenvalue weighted by Gasteiger charge is 2.16. The molecule has 0 bridgehead atoms. The van der Waals surface area contributed by atoms with Crippen LogP contribution in [-0.4, -0.2) is 16.9 Å². The number of hydrogen-bond donors (Lipinski definition) is 1. The van der Waals surface area contributed by atoms with Crippen LogP contribution < -0.4 is 10.5 Å². The molecule has 0 radical (unpaired) electrons. The molecule has 1 unspecified atom stereocenters. The minimum Gasteiger partial charge on any atom is -0.496 e. The second kappa shape index (κ2) is 4.82. The Balaban J connectivity index is 2.67. The van der Waals surface area contributed by atoms with Crippen molar-refractivity contribution in [1.29, 1.82) is 0 Å². The molecule has 4 heteroatoms. The summed E-state index contributed by atoms with van der Waals surface area (Å²) >= 11 is 0. The van der Waals surface area contributed by atoms with Crippen LogP contribution in [-0.2, 0) is 0 Å². The van der Waals surface area contributed by atoms with Gasteiger partial charge in [0.15, 0.2) is 0 Å². The van der Waals surface area contributed by atoms with E-state index in [-0.39, 0.29) is 6.04 Å². The lowest BCUT2D eigenvalue weighted by molar-refractivity contribution is 0.406. The van der Waals surface area contributed by atoms with Gasteiger partial charge in [-0.15, -0.1) is 0 Å². The molecule has 2 rings (SSSR count). The highest BCUT2D eigenvalue weighted by Crippen LogP contribution is 2.30. The van der Waals surface area contributed by atoms with E-state index in [1.165, 1.54) is 0 Å². The summed E-state index contributed by atoms with van der Waals surface area (Å²) in [7, 11) is 1.66. The quantitative estimate of drug-likeness (QED) is 0.904. The molecule has 0 aliphatic carbocycles. The zero-order valence-electron chi connectivity index (χ0n) is 11.3. The van der Waals surface area contributed by atoms with Gasteiger partial charge in [0.1, 0.15) is 5.75 Å². The molecule has 4 nitrogen and oxygen atoms in total. The van der Waals surface area contributed by atoms with E-state index in [4.69, 9.17) is 10.5 Å². The van der Waals surface area contributed by atoms with Gasteiger partial charge in [-0.1, -0.05) is 6.07 Å². The van der Waals surface area contributed by atoms with Gasteiger partial charge >= 0.3 is 0 Å². The summed E-state index contributed by atoms with van der Waals surface area (Å²) in [5, 5.41) is 4.50. The normalized spacial score (nSPS) is 12.5. The molecule has 2 N–H and O–H groups in total. The minimum atomic E-state index is -0.111. The van der Waals surface area contributed by atoms with E-state index in [1.807, 2.05) is 49.7 Å². The zero-order chi connectivity index (χ0) is 13.3. The lowest BCUT2D eigenvalue weighted by Crippen LogP contribution is -2.13. The maximum absolute atomic E-state index is 6.06. The van der Waals surface area contributed by atoms with Crippen molar-refractivity contribution in [2.45, 2.75) is 26.8 Å². The summed E-state index contributed by atoms with van der Waals surface area (Å²) < 4.78 is 7.31. The number of nitrogens with two attached hydrogens (primary N) is 1. The lowest BCUT2D eigenvalue weighted by Gasteiger charge is -2.17. The van der Waals surface area contributed by atoms with E-state index in [0.717, 1.165) is 28.4 Å². The van der Waals surface area contributed by atoms with Gasteiger partial charge in [0.05, 0.1) is 18.5 Å². The summed E-state index contributed by atoms with van der Waals surface area (Å²) in [5.74, 6) is 0.801. The van der Waals surface area contributed by atoms with Crippen molar-refractivity contribution in [2.75, 3.05) is 7.11 Å². The van der Waals surface area contributed by atoms with Crippen LogP contribution in [0.1, 0.15) is 29.9 Å². The molecular weight excluding hydrogens is 226 g/mol. The fourth-order valence-corrected chi connectivity index (χ4v) is 2.23. The van der Waals surface area contributed by atoms with E-state index in [1.54, 1.807) is 7.11 Å². The minimum absolute atomic E-state index is 0.111. The van der Waals surface area contributed by atoms with Gasteiger partial charge < -0.3 is 10.5 Å². The average molecular weight is 245 g/mol. The van der Waals surface area contributed by atoms with Crippen molar-refractivity contribution in [3.63, 3.8) is 0 Å². The first-order chi connectivity index (χ1) is 8.54. The Bertz CT molecular complexity index is 558. The molecular formula is C14H19N3O. The van der Waals surface area contributed by atoms with Crippen molar-refractivity contribution >= 4 is 0 Å². The van der Waals surface area contributed by atoms with Crippen LogP contribution in [0.25, 0.3) is 5.69 Å². The highest BCUT2D eigenvalue weighted by molar-refractivity contribution is 5.51. The molecule has 18 heavy (non-hydrogen) atoms. The molecule has 96 valence electrons. The SMILES string of the molecule is COc1cccc(-n2nc(C)cc2C)c1C(C)N. The van der Waals surface area contributed by atoms with Crippen molar-refractivity contribution in [2.24, 2.45) is 5.73 Å². The second-order valence-corrected chi connectivity index (χ2v) is 4.52. The van der Waals surface area contributed by atoms with Crippen LogP contribution in [0.15, 0.2) is 24.3 Å². The molecule has 1 aromatic heterocycles. The first-order valence-electron chi connectivity index (χ1n) is 6.00. The zero-order valence-corrected chi connectivity index (χ0v) is 11.3. The summed E-state index contributed by atoms with van der Waals surface area (Å²) in [4.78, 5) is 0. The van der Waals surface area contributed by atoms with E-state index >= 15 is 0 Å². The lowest BCUT2D eigenvalue weighted by atomic mass is 10.1. The van der Waals surface area contributed by atoms with Crippen LogP contribution in [0, 0.1) is 13.8 Å². The summed E-state index contributed by atoms with van der Waals surface area (Å²) in [6.45, 7) is 5.96. The molecule has 1 atom stereocenters. The van der Waals surface area contributed by atoms with Crippen LogP contribution in [0.5, 0.6) is 5.75 Å². The number of aryl methyl sites for hydroxylation is 2. The van der Waals surface area contributed by atoms with Gasteiger partial charge in [-0.3, -0.25) is 0 Å². The fraction of sp³-hybridized carbons (Fsp3) is 0.357. The molecule has 1 aromatic carbocycles. The van der Waals surface area contributed by atoms with Gasteiger partial charge in [0.2, 0.25) is 0 Å². The summed E-state index contributed by atoms with van der Waals surface area (Å²) in [6.07, 6.45) is 0. The second-order valence-electron chi connectivity index (χ2n) is 4.52. The van der Waals surface area contributed by atoms with Gasteiger partial charge in [-0.05, 0) is 39.0 Å². The number of aromatic nitrogens is 2. The average Bonchev–Trinajstić information content (AvgIpc) is 2.67. The molecule has 1 heterocycles. The highest BCUT2D eigenvalue weighted by atomic mass is 16.5. The Morgan fingerprint density at radius 1 is 1.33 bits per heavy atom. The molecule has 0 saturated carbocycles. The first-order valence-corrected chi connectivity index (χ1v) is 6.00. The van der Waals surface area contributed by atoms with E-state index < -0.39 is 0 Å². The molecule has 0 aliphatic heterocycles. The summed E-state index contributed by atoms with van der Waals surface area (Å²) in [5.41, 5.74) is 10.1. The van der Waals surface area contributed by atoms with Crippen molar-refractivity contribution in [1.82, 2.24) is 9.78 Å². The van der Waals surface area contributed by atoms with Crippen LogP contribution >= 0.6 is 0 Å². The number of methoxy groups -OCH3 is 1. The van der Waals surface area contributed by atoms with E-state index in [0.29, 0.717) is 0 Å². The van der Waals surface area contributed by atoms with Crippen LogP contribution in [0.2, 0.25) is 0 Å². The third-order valence-electron chi connectivity index (χ3n) is 2.96. The largest absolute Gasteiger partial charge is 0.496 e. The maximum Gasteiger partial charge on any atom is 0.125 e. The topological polar surface area (TPSA) is 53.1 Å². The number of nitrogens with zero attached hydrogens (tertiary/aromatic N) is 2. The van der Waals surface area contributed by atoms with Crippen molar-refractivity contribution < 1.29 is 4.74 Å². The number of rotatable bonds is 3. The van der Waals surface area contributed by atoms with Gasteiger partial charge in [-0.2, -0.15) is 5.10 Å². The molecule has 2 aromatic rings. The van der Waals surface area contributed by atoms with E-state index in [2.05, 4.69) is 5.10 Å². The van der Waals surface area contributed by atoms with E-state index in [9.17, 15) is 0 Å². The fourth-order valence-electron chi connectivity index (χ4n) is 2.23. The Kier molecular flexibility index (Phi) is 3.39. The Morgan fingerprint density at radius 3 is 2.56 bits per heavy atom. The van der Waals surface area contributed by atoms with Crippen molar-refractivity contribution in [3.8, 4) is 11.4 Å². The Hall–Kier alpha value is -1.81. The monoisotopic (exact) mass is 245 g/mol. The third kappa shape index (κ3) is 2.11. The first kappa shape index (κ1) is 12.6. The predicted molar refractivity (Wildman–Crippen MR) is 72.2 cm³/mol. The Labute approximate surface area is 107 Å². The number of ether oxygens (including phenoxy) is 1. The van der Waals surface area contributed by atoms with Gasteiger partial charge in [0, 0.05) is 17.3 Å². The smallest absolute Gasteiger partial charge is 0.125 e. The predicted octanol–water partition coefficient (Wildman–Crippen LogP) is 2.52. The molecule has 0 spiro atoms. The van der Waals surface area contributed by atoms with Crippen molar-refractivity contribution in [3.05, 3.63) is 41.2 Å². The molecule has 0 aliphatic rings. The Morgan fingerprint density at radius 2 is 2.06 bits per heavy atom. The third-order valence-corrected chi connectivity index (χ3v) is 2.96. The molecule has 0 amide bonds.